The van der Waals surface area contributed by atoms with Gasteiger partial charge in [-0.3, -0.25) is 19.8 Å². The van der Waals surface area contributed by atoms with Crippen LogP contribution in [0.15, 0.2) is 54.1 Å². The number of hydrogen-bond donors (Lipinski definition) is 1. The van der Waals surface area contributed by atoms with Gasteiger partial charge in [-0.25, -0.2) is 4.79 Å². The Labute approximate surface area is 212 Å². The molecule has 2 aromatic carbocycles. The van der Waals surface area contributed by atoms with Crippen molar-refractivity contribution in [2.75, 3.05) is 12.0 Å². The van der Waals surface area contributed by atoms with Crippen molar-refractivity contribution in [1.82, 2.24) is 9.88 Å². The molecule has 0 spiro atoms. The summed E-state index contributed by atoms with van der Waals surface area (Å²) in [6.07, 6.45) is 1.53. The van der Waals surface area contributed by atoms with Gasteiger partial charge in [0.2, 0.25) is 0 Å². The van der Waals surface area contributed by atoms with E-state index in [9.17, 15) is 14.4 Å². The summed E-state index contributed by atoms with van der Waals surface area (Å²) in [5, 5.41) is 3.05. The van der Waals surface area contributed by atoms with Gasteiger partial charge in [0.05, 0.1) is 24.0 Å². The quantitative estimate of drug-likeness (QED) is 0.240. The molecule has 0 aliphatic carbocycles. The normalized spacial score (nSPS) is 14.9. The molecule has 35 heavy (non-hydrogen) atoms. The van der Waals surface area contributed by atoms with Crippen LogP contribution in [0.5, 0.6) is 0 Å². The Bertz CT molecular complexity index is 1440. The molecule has 1 aromatic heterocycles. The first-order valence-corrected chi connectivity index (χ1v) is 11.5. The highest BCUT2D eigenvalue weighted by Gasteiger charge is 2.35. The number of rotatable bonds is 4. The van der Waals surface area contributed by atoms with E-state index in [-0.39, 0.29) is 10.7 Å². The molecular weight excluding hydrogens is 486 g/mol. The van der Waals surface area contributed by atoms with Crippen LogP contribution < -0.4 is 10.2 Å². The number of halogens is 1. The second-order valence-corrected chi connectivity index (χ2v) is 8.86. The fourth-order valence-corrected chi connectivity index (χ4v) is 4.48. The third-order valence-corrected chi connectivity index (χ3v) is 6.53. The molecule has 1 saturated heterocycles. The standard InChI is InChI=1S/C26H22ClN3O4S/c1-14-9-10-18(13-21(14)27)30-24(32)20(23(31)28-26(30)35)12-17-11-15(2)29(16(17)3)22-8-6-5-7-19(22)25(33)34-4/h5-13H,1-4H3,(H,28,31,35)/b20-12+. The third kappa shape index (κ3) is 4.38. The largest absolute Gasteiger partial charge is 0.465 e. The van der Waals surface area contributed by atoms with Crippen LogP contribution in [0.3, 0.4) is 0 Å². The van der Waals surface area contributed by atoms with E-state index in [1.54, 1.807) is 30.3 Å². The number of esters is 1. The molecule has 7 nitrogen and oxygen atoms in total. The van der Waals surface area contributed by atoms with Gasteiger partial charge in [-0.2, -0.15) is 0 Å². The Kier molecular flexibility index (Phi) is 6.60. The maximum atomic E-state index is 13.4. The Morgan fingerprint density at radius 1 is 1.09 bits per heavy atom. The molecule has 1 N–H and O–H groups in total. The lowest BCUT2D eigenvalue weighted by Gasteiger charge is -2.29. The average Bonchev–Trinajstić information content (AvgIpc) is 3.10. The molecule has 0 unspecified atom stereocenters. The topological polar surface area (TPSA) is 80.6 Å². The Hall–Kier alpha value is -3.75. The van der Waals surface area contributed by atoms with Crippen molar-refractivity contribution in [1.29, 1.82) is 0 Å². The van der Waals surface area contributed by atoms with Crippen molar-refractivity contribution < 1.29 is 19.1 Å². The lowest BCUT2D eigenvalue weighted by Crippen LogP contribution is -2.54. The maximum absolute atomic E-state index is 13.4. The van der Waals surface area contributed by atoms with E-state index in [1.165, 1.54) is 18.1 Å². The zero-order chi connectivity index (χ0) is 25.4. The van der Waals surface area contributed by atoms with Crippen LogP contribution >= 0.6 is 23.8 Å². The molecule has 4 rings (SSSR count). The highest BCUT2D eigenvalue weighted by atomic mass is 35.5. The van der Waals surface area contributed by atoms with E-state index in [0.29, 0.717) is 27.5 Å². The molecule has 9 heteroatoms. The molecule has 0 atom stereocenters. The number of carbonyl (C=O) groups is 3. The minimum absolute atomic E-state index is 0.0189. The average molecular weight is 508 g/mol. The van der Waals surface area contributed by atoms with E-state index >= 15 is 0 Å². The van der Waals surface area contributed by atoms with E-state index in [1.807, 2.05) is 43.5 Å². The van der Waals surface area contributed by atoms with Gasteiger partial charge in [-0.15, -0.1) is 0 Å². The summed E-state index contributed by atoms with van der Waals surface area (Å²) in [5.41, 5.74) is 4.47. The number of hydrogen-bond acceptors (Lipinski definition) is 5. The van der Waals surface area contributed by atoms with E-state index < -0.39 is 17.8 Å². The summed E-state index contributed by atoms with van der Waals surface area (Å²) in [7, 11) is 1.33. The zero-order valence-corrected chi connectivity index (χ0v) is 21.1. The Balaban J connectivity index is 1.79. The summed E-state index contributed by atoms with van der Waals surface area (Å²) >= 11 is 11.5. The number of benzene rings is 2. The molecule has 2 heterocycles. The van der Waals surface area contributed by atoms with Crippen LogP contribution in [-0.4, -0.2) is 34.6 Å². The molecule has 3 aromatic rings. The van der Waals surface area contributed by atoms with Crippen LogP contribution in [0, 0.1) is 20.8 Å². The number of ether oxygens (including phenoxy) is 1. The van der Waals surface area contributed by atoms with Crippen LogP contribution in [0.1, 0.15) is 32.9 Å². The van der Waals surface area contributed by atoms with E-state index in [4.69, 9.17) is 28.6 Å². The summed E-state index contributed by atoms with van der Waals surface area (Å²) in [6, 6.07) is 14.0. The van der Waals surface area contributed by atoms with Gasteiger partial charge in [0.1, 0.15) is 5.57 Å². The lowest BCUT2D eigenvalue weighted by atomic mass is 10.1. The zero-order valence-electron chi connectivity index (χ0n) is 19.5. The van der Waals surface area contributed by atoms with E-state index in [2.05, 4.69) is 5.32 Å². The number of aromatic nitrogens is 1. The number of nitrogens with one attached hydrogen (secondary N) is 1. The second-order valence-electron chi connectivity index (χ2n) is 8.06. The second kappa shape index (κ2) is 9.48. The van der Waals surface area contributed by atoms with Crippen LogP contribution in [0.4, 0.5) is 5.69 Å². The lowest BCUT2D eigenvalue weighted by molar-refractivity contribution is -0.122. The van der Waals surface area contributed by atoms with Gasteiger partial charge in [0.15, 0.2) is 5.11 Å². The van der Waals surface area contributed by atoms with Crippen LogP contribution in [0.2, 0.25) is 5.02 Å². The molecule has 1 fully saturated rings. The van der Waals surface area contributed by atoms with Crippen molar-refractivity contribution in [3.8, 4) is 5.69 Å². The predicted octanol–water partition coefficient (Wildman–Crippen LogP) is 4.67. The van der Waals surface area contributed by atoms with Gasteiger partial charge < -0.3 is 9.30 Å². The monoisotopic (exact) mass is 507 g/mol. The van der Waals surface area contributed by atoms with Gasteiger partial charge in [0.25, 0.3) is 11.8 Å². The highest BCUT2D eigenvalue weighted by Crippen LogP contribution is 2.29. The van der Waals surface area contributed by atoms with Gasteiger partial charge in [-0.05, 0) is 80.5 Å². The first-order valence-electron chi connectivity index (χ1n) is 10.7. The van der Waals surface area contributed by atoms with Crippen molar-refractivity contribution in [3.05, 3.63) is 87.2 Å². The van der Waals surface area contributed by atoms with Crippen molar-refractivity contribution in [2.24, 2.45) is 0 Å². The van der Waals surface area contributed by atoms with Gasteiger partial charge in [0, 0.05) is 16.4 Å². The highest BCUT2D eigenvalue weighted by molar-refractivity contribution is 7.80. The number of aryl methyl sites for hydroxylation is 2. The molecule has 2 amide bonds. The summed E-state index contributed by atoms with van der Waals surface area (Å²) in [5.74, 6) is -1.61. The number of nitrogens with zero attached hydrogens (tertiary/aromatic N) is 2. The molecule has 0 radical (unpaired) electrons. The number of amides is 2. The molecule has 1 aliphatic heterocycles. The fourth-order valence-electron chi connectivity index (χ4n) is 4.02. The molecule has 1 aliphatic rings. The smallest absolute Gasteiger partial charge is 0.339 e. The SMILES string of the molecule is COC(=O)c1ccccc1-n1c(C)cc(/C=C2\C(=O)NC(=S)N(c3ccc(C)c(Cl)c3)C2=O)c1C. The molecule has 178 valence electrons. The van der Waals surface area contributed by atoms with Gasteiger partial charge >= 0.3 is 5.97 Å². The van der Waals surface area contributed by atoms with Crippen molar-refractivity contribution in [2.45, 2.75) is 20.8 Å². The summed E-state index contributed by atoms with van der Waals surface area (Å²) in [6.45, 7) is 5.58. The summed E-state index contributed by atoms with van der Waals surface area (Å²) in [4.78, 5) is 39.7. The van der Waals surface area contributed by atoms with Crippen molar-refractivity contribution >= 4 is 58.5 Å². The Morgan fingerprint density at radius 3 is 2.49 bits per heavy atom. The number of thiocarbonyl (C=S) groups is 1. The van der Waals surface area contributed by atoms with Gasteiger partial charge in [-0.1, -0.05) is 29.8 Å². The number of para-hydroxylation sites is 1. The number of methoxy groups -OCH3 is 1. The molecule has 0 bridgehead atoms. The first-order chi connectivity index (χ1) is 16.6. The fraction of sp³-hybridized carbons (Fsp3) is 0.154. The maximum Gasteiger partial charge on any atom is 0.339 e. The summed E-state index contributed by atoms with van der Waals surface area (Å²) < 4.78 is 6.81. The van der Waals surface area contributed by atoms with Crippen molar-refractivity contribution in [3.63, 3.8) is 0 Å². The predicted molar refractivity (Wildman–Crippen MR) is 139 cm³/mol. The number of carbonyl (C=O) groups excluding carboxylic acids is 3. The molecule has 0 saturated carbocycles. The number of anilines is 1. The first kappa shape index (κ1) is 24.4. The van der Waals surface area contributed by atoms with Crippen LogP contribution in [0.25, 0.3) is 11.8 Å². The Morgan fingerprint density at radius 2 is 1.80 bits per heavy atom. The van der Waals surface area contributed by atoms with Crippen LogP contribution in [-0.2, 0) is 14.3 Å². The minimum atomic E-state index is -0.589. The van der Waals surface area contributed by atoms with E-state index in [0.717, 1.165) is 17.0 Å². The third-order valence-electron chi connectivity index (χ3n) is 5.84. The minimum Gasteiger partial charge on any atom is -0.465 e. The molecular formula is C26H22ClN3O4S.